The van der Waals surface area contributed by atoms with Crippen LogP contribution >= 0.6 is 0 Å². The van der Waals surface area contributed by atoms with Gasteiger partial charge < -0.3 is 19.3 Å². The second-order valence-corrected chi connectivity index (χ2v) is 6.92. The predicted octanol–water partition coefficient (Wildman–Crippen LogP) is 5.10. The molecule has 6 nitrogen and oxygen atoms in total. The molecule has 0 saturated carbocycles. The fraction of sp³-hybridized carbons (Fsp3) is 0.120. The number of methoxy groups -OCH3 is 1. The third-order valence-corrected chi connectivity index (χ3v) is 4.71. The largest absolute Gasteiger partial charge is 0.496 e. The Morgan fingerprint density at radius 3 is 2.35 bits per heavy atom. The van der Waals surface area contributed by atoms with E-state index in [1.54, 1.807) is 43.5 Å². The van der Waals surface area contributed by atoms with Gasteiger partial charge in [-0.2, -0.15) is 0 Å². The van der Waals surface area contributed by atoms with Crippen molar-refractivity contribution in [3.63, 3.8) is 0 Å². The van der Waals surface area contributed by atoms with Gasteiger partial charge in [0.2, 0.25) is 0 Å². The average Bonchev–Trinajstić information content (AvgIpc) is 2.81. The zero-order valence-electron chi connectivity index (χ0n) is 16.9. The molecule has 1 aromatic heterocycles. The molecule has 0 aliphatic carbocycles. The minimum absolute atomic E-state index is 0.221. The van der Waals surface area contributed by atoms with E-state index in [2.05, 4.69) is 4.98 Å². The molecule has 0 atom stereocenters. The summed E-state index contributed by atoms with van der Waals surface area (Å²) >= 11 is 0. The number of hydrogen-bond acceptors (Lipinski definition) is 5. The molecule has 0 aliphatic rings. The summed E-state index contributed by atoms with van der Waals surface area (Å²) in [7, 11) is 1.57. The molecule has 31 heavy (non-hydrogen) atoms. The van der Waals surface area contributed by atoms with Crippen LogP contribution in [0.25, 0.3) is 10.9 Å². The summed E-state index contributed by atoms with van der Waals surface area (Å²) in [6.45, 7) is 0.526. The van der Waals surface area contributed by atoms with Crippen molar-refractivity contribution in [2.75, 3.05) is 7.11 Å². The van der Waals surface area contributed by atoms with Crippen molar-refractivity contribution in [3.05, 3.63) is 95.7 Å². The molecule has 0 fully saturated rings. The zero-order valence-corrected chi connectivity index (χ0v) is 16.9. The number of carboxylic acids is 1. The number of benzene rings is 3. The maximum atomic E-state index is 11.1. The minimum Gasteiger partial charge on any atom is -0.496 e. The van der Waals surface area contributed by atoms with Crippen LogP contribution in [0.5, 0.6) is 17.2 Å². The Kier molecular flexibility index (Phi) is 5.98. The molecular formula is C25H21NO5. The molecule has 4 rings (SSSR count). The summed E-state index contributed by atoms with van der Waals surface area (Å²) in [6.07, 6.45) is 0. The molecule has 0 bridgehead atoms. The first kappa shape index (κ1) is 20.2. The van der Waals surface area contributed by atoms with Crippen LogP contribution in [0.1, 0.15) is 21.6 Å². The van der Waals surface area contributed by atoms with Crippen LogP contribution in [-0.2, 0) is 13.2 Å². The van der Waals surface area contributed by atoms with E-state index in [1.165, 1.54) is 0 Å². The normalized spacial score (nSPS) is 10.6. The highest BCUT2D eigenvalue weighted by molar-refractivity contribution is 5.87. The molecule has 0 amide bonds. The monoisotopic (exact) mass is 415 g/mol. The van der Waals surface area contributed by atoms with E-state index in [-0.39, 0.29) is 12.2 Å². The fourth-order valence-corrected chi connectivity index (χ4v) is 3.14. The molecule has 3 aromatic carbocycles. The Balaban J connectivity index is 1.46. The molecular weight excluding hydrogens is 394 g/mol. The van der Waals surface area contributed by atoms with Gasteiger partial charge in [-0.3, -0.25) is 0 Å². The van der Waals surface area contributed by atoms with Crippen LogP contribution in [0.15, 0.2) is 78.9 Å². The molecule has 1 N–H and O–H groups in total. The van der Waals surface area contributed by atoms with Crippen molar-refractivity contribution in [3.8, 4) is 17.2 Å². The molecule has 1 heterocycles. The quantitative estimate of drug-likeness (QED) is 0.431. The SMILES string of the molecule is COc1cc(OCc2cccc(C(=O)O)c2)cc(OCc2ccc3ccccc3n2)c1. The molecule has 0 radical (unpaired) electrons. The van der Waals surface area contributed by atoms with E-state index in [4.69, 9.17) is 19.3 Å². The van der Waals surface area contributed by atoms with Crippen molar-refractivity contribution in [1.29, 1.82) is 0 Å². The Morgan fingerprint density at radius 1 is 0.839 bits per heavy atom. The molecule has 0 aliphatic heterocycles. The number of ether oxygens (including phenoxy) is 3. The van der Waals surface area contributed by atoms with Gasteiger partial charge in [-0.1, -0.05) is 36.4 Å². The van der Waals surface area contributed by atoms with Gasteiger partial charge in [0.05, 0.1) is 23.9 Å². The van der Waals surface area contributed by atoms with E-state index in [1.807, 2.05) is 42.5 Å². The lowest BCUT2D eigenvalue weighted by atomic mass is 10.1. The highest BCUT2D eigenvalue weighted by Crippen LogP contribution is 2.29. The third kappa shape index (κ3) is 5.11. The Bertz CT molecular complexity index is 1220. The summed E-state index contributed by atoms with van der Waals surface area (Å²) in [6, 6.07) is 23.8. The number of carboxylic acid groups (broad SMARTS) is 1. The zero-order chi connectivity index (χ0) is 21.6. The van der Waals surface area contributed by atoms with Crippen LogP contribution in [0, 0.1) is 0 Å². The van der Waals surface area contributed by atoms with Crippen molar-refractivity contribution < 1.29 is 24.1 Å². The maximum absolute atomic E-state index is 11.1. The van der Waals surface area contributed by atoms with Gasteiger partial charge in [-0.05, 0) is 29.8 Å². The van der Waals surface area contributed by atoms with Crippen molar-refractivity contribution in [1.82, 2.24) is 4.98 Å². The van der Waals surface area contributed by atoms with Gasteiger partial charge in [0.25, 0.3) is 0 Å². The predicted molar refractivity (Wildman–Crippen MR) is 117 cm³/mol. The number of rotatable bonds is 8. The van der Waals surface area contributed by atoms with Crippen LogP contribution in [0.4, 0.5) is 0 Å². The van der Waals surface area contributed by atoms with Crippen LogP contribution < -0.4 is 14.2 Å². The number of aromatic nitrogens is 1. The Morgan fingerprint density at radius 2 is 1.58 bits per heavy atom. The molecule has 0 unspecified atom stereocenters. The Hall–Kier alpha value is -4.06. The maximum Gasteiger partial charge on any atom is 0.335 e. The standard InChI is InChI=1S/C25H21NO5/c1-29-21-12-22(30-15-17-5-4-7-19(11-17)25(27)28)14-23(13-21)31-16-20-10-9-18-6-2-3-8-24(18)26-20/h2-14H,15-16H2,1H3,(H,27,28). The highest BCUT2D eigenvalue weighted by Gasteiger charge is 2.08. The molecule has 4 aromatic rings. The lowest BCUT2D eigenvalue weighted by Crippen LogP contribution is -2.01. The van der Waals surface area contributed by atoms with Crippen molar-refractivity contribution >= 4 is 16.9 Å². The summed E-state index contributed by atoms with van der Waals surface area (Å²) in [5.74, 6) is 0.768. The third-order valence-electron chi connectivity index (χ3n) is 4.71. The number of nitrogens with zero attached hydrogens (tertiary/aromatic N) is 1. The van der Waals surface area contributed by atoms with E-state index in [9.17, 15) is 4.79 Å². The van der Waals surface area contributed by atoms with Crippen LogP contribution in [0.3, 0.4) is 0 Å². The highest BCUT2D eigenvalue weighted by atomic mass is 16.5. The summed E-state index contributed by atoms with van der Waals surface area (Å²) < 4.78 is 17.1. The first-order chi connectivity index (χ1) is 15.1. The first-order valence-electron chi connectivity index (χ1n) is 9.72. The lowest BCUT2D eigenvalue weighted by molar-refractivity contribution is 0.0696. The van der Waals surface area contributed by atoms with E-state index in [0.29, 0.717) is 23.9 Å². The van der Waals surface area contributed by atoms with E-state index in [0.717, 1.165) is 22.2 Å². The van der Waals surface area contributed by atoms with Gasteiger partial charge in [-0.15, -0.1) is 0 Å². The number of hydrogen-bond donors (Lipinski definition) is 1. The van der Waals surface area contributed by atoms with E-state index < -0.39 is 5.97 Å². The smallest absolute Gasteiger partial charge is 0.335 e. The summed E-state index contributed by atoms with van der Waals surface area (Å²) in [5.41, 5.74) is 2.71. The average molecular weight is 415 g/mol. The number of para-hydroxylation sites is 1. The lowest BCUT2D eigenvalue weighted by Gasteiger charge is -2.12. The van der Waals surface area contributed by atoms with Crippen LogP contribution in [-0.4, -0.2) is 23.2 Å². The van der Waals surface area contributed by atoms with Gasteiger partial charge in [0.15, 0.2) is 0 Å². The van der Waals surface area contributed by atoms with Gasteiger partial charge >= 0.3 is 5.97 Å². The van der Waals surface area contributed by atoms with Gasteiger partial charge in [0, 0.05) is 23.6 Å². The summed E-state index contributed by atoms with van der Waals surface area (Å²) in [5, 5.41) is 10.2. The second-order valence-electron chi connectivity index (χ2n) is 6.92. The van der Waals surface area contributed by atoms with Crippen LogP contribution in [0.2, 0.25) is 0 Å². The van der Waals surface area contributed by atoms with E-state index >= 15 is 0 Å². The van der Waals surface area contributed by atoms with Gasteiger partial charge in [0.1, 0.15) is 30.5 Å². The number of pyridine rings is 1. The van der Waals surface area contributed by atoms with Crippen molar-refractivity contribution in [2.24, 2.45) is 0 Å². The molecule has 0 spiro atoms. The minimum atomic E-state index is -0.971. The number of carbonyl (C=O) groups is 1. The summed E-state index contributed by atoms with van der Waals surface area (Å²) in [4.78, 5) is 15.8. The first-order valence-corrected chi connectivity index (χ1v) is 9.72. The molecule has 0 saturated heterocycles. The Labute approximate surface area is 179 Å². The number of aromatic carboxylic acids is 1. The topological polar surface area (TPSA) is 77.9 Å². The second kappa shape index (κ2) is 9.17. The fourth-order valence-electron chi connectivity index (χ4n) is 3.14. The van der Waals surface area contributed by atoms with Crippen molar-refractivity contribution in [2.45, 2.75) is 13.2 Å². The molecule has 156 valence electrons. The number of fused-ring (bicyclic) bond motifs is 1. The molecule has 6 heteroatoms. The van der Waals surface area contributed by atoms with Gasteiger partial charge in [-0.25, -0.2) is 9.78 Å².